The van der Waals surface area contributed by atoms with Crippen LogP contribution in [0.4, 0.5) is 0 Å². The van der Waals surface area contributed by atoms with E-state index in [1.54, 1.807) is 68.7 Å². The molecule has 1 aliphatic rings. The Hall–Kier alpha value is -3.21. The molecule has 178 valence electrons. The lowest BCUT2D eigenvalue weighted by molar-refractivity contribution is -0.172. The minimum absolute atomic E-state index is 0.00000102. The minimum atomic E-state index is -1.55. The molecule has 5 unspecified atom stereocenters. The highest BCUT2D eigenvalue weighted by atomic mass is 35.5. The van der Waals surface area contributed by atoms with E-state index in [2.05, 4.69) is 10.3 Å². The SMILES string of the molecule is CC1NC(C)C(CCC#N)(C(=O)O)C(c2cccc(Cl)c2)C1(CC=Cc1ccncc1)C(=O)O. The van der Waals surface area contributed by atoms with E-state index in [0.717, 1.165) is 5.56 Å². The summed E-state index contributed by atoms with van der Waals surface area (Å²) in [4.78, 5) is 30.1. The van der Waals surface area contributed by atoms with Gasteiger partial charge < -0.3 is 15.5 Å². The number of carboxylic acid groups (broad SMARTS) is 2. The normalized spacial score (nSPS) is 28.9. The zero-order valence-electron chi connectivity index (χ0n) is 19.1. The molecule has 8 heteroatoms. The summed E-state index contributed by atoms with van der Waals surface area (Å²) in [5, 5.41) is 34.3. The molecule has 1 saturated heterocycles. The number of aromatic nitrogens is 1. The van der Waals surface area contributed by atoms with Crippen molar-refractivity contribution >= 4 is 29.6 Å². The van der Waals surface area contributed by atoms with Crippen molar-refractivity contribution in [2.45, 2.75) is 51.1 Å². The zero-order chi connectivity index (χ0) is 24.9. The van der Waals surface area contributed by atoms with Crippen LogP contribution in [-0.4, -0.2) is 39.2 Å². The fourth-order valence-electron chi connectivity index (χ4n) is 5.51. The number of rotatable bonds is 8. The lowest BCUT2D eigenvalue weighted by atomic mass is 9.49. The fraction of sp³-hybridized carbons (Fsp3) is 0.385. The van der Waals surface area contributed by atoms with Gasteiger partial charge in [0.05, 0.1) is 16.9 Å². The molecule has 7 nitrogen and oxygen atoms in total. The molecule has 0 aliphatic carbocycles. The van der Waals surface area contributed by atoms with Crippen molar-refractivity contribution in [1.82, 2.24) is 10.3 Å². The van der Waals surface area contributed by atoms with Gasteiger partial charge in [-0.3, -0.25) is 14.6 Å². The second-order valence-electron chi connectivity index (χ2n) is 8.83. The molecule has 3 N–H and O–H groups in total. The summed E-state index contributed by atoms with van der Waals surface area (Å²) in [6, 6.07) is 11.2. The van der Waals surface area contributed by atoms with E-state index in [9.17, 15) is 25.1 Å². The number of halogens is 1. The number of carboxylic acids is 2. The van der Waals surface area contributed by atoms with Gasteiger partial charge >= 0.3 is 11.9 Å². The van der Waals surface area contributed by atoms with Crippen molar-refractivity contribution in [2.75, 3.05) is 0 Å². The molecular weight excluding hydrogens is 454 g/mol. The summed E-state index contributed by atoms with van der Waals surface area (Å²) < 4.78 is 0. The average Bonchev–Trinajstić information content (AvgIpc) is 2.80. The monoisotopic (exact) mass is 481 g/mol. The lowest BCUT2D eigenvalue weighted by Gasteiger charge is -2.57. The number of hydrogen-bond acceptors (Lipinski definition) is 5. The molecule has 0 saturated carbocycles. The molecule has 0 radical (unpaired) electrons. The van der Waals surface area contributed by atoms with Crippen LogP contribution in [0.1, 0.15) is 50.2 Å². The fourth-order valence-corrected chi connectivity index (χ4v) is 5.71. The number of nitrogens with one attached hydrogen (secondary N) is 1. The average molecular weight is 482 g/mol. The van der Waals surface area contributed by atoms with Gasteiger partial charge in [-0.2, -0.15) is 5.26 Å². The van der Waals surface area contributed by atoms with E-state index in [1.165, 1.54) is 0 Å². The van der Waals surface area contributed by atoms with Crippen LogP contribution in [0.15, 0.2) is 54.9 Å². The number of nitriles is 1. The Labute approximate surface area is 204 Å². The zero-order valence-corrected chi connectivity index (χ0v) is 19.9. The molecule has 2 heterocycles. The quantitative estimate of drug-likeness (QED) is 0.497. The largest absolute Gasteiger partial charge is 0.481 e. The minimum Gasteiger partial charge on any atom is -0.481 e. The molecule has 2 aromatic rings. The number of pyridine rings is 1. The van der Waals surface area contributed by atoms with Crippen molar-refractivity contribution in [2.24, 2.45) is 10.8 Å². The molecule has 3 rings (SSSR count). The number of aliphatic carboxylic acids is 2. The van der Waals surface area contributed by atoms with Crippen molar-refractivity contribution in [1.29, 1.82) is 5.26 Å². The van der Waals surface area contributed by atoms with Crippen LogP contribution < -0.4 is 5.32 Å². The van der Waals surface area contributed by atoms with Gasteiger partial charge in [0.25, 0.3) is 0 Å². The van der Waals surface area contributed by atoms with Gasteiger partial charge in [-0.15, -0.1) is 0 Å². The Balaban J connectivity index is 2.26. The molecule has 0 amide bonds. The smallest absolute Gasteiger partial charge is 0.312 e. The van der Waals surface area contributed by atoms with Crippen molar-refractivity contribution in [3.05, 3.63) is 71.0 Å². The Morgan fingerprint density at radius 3 is 2.38 bits per heavy atom. The first-order valence-corrected chi connectivity index (χ1v) is 11.5. The van der Waals surface area contributed by atoms with E-state index >= 15 is 0 Å². The summed E-state index contributed by atoms with van der Waals surface area (Å²) in [7, 11) is 0. The molecule has 1 fully saturated rings. The van der Waals surface area contributed by atoms with E-state index in [0.29, 0.717) is 10.6 Å². The molecule has 0 spiro atoms. The van der Waals surface area contributed by atoms with Crippen LogP contribution >= 0.6 is 11.6 Å². The van der Waals surface area contributed by atoms with E-state index in [4.69, 9.17) is 11.6 Å². The third-order valence-corrected chi connectivity index (χ3v) is 7.41. The second-order valence-corrected chi connectivity index (χ2v) is 9.27. The molecular formula is C26H28ClN3O4. The number of nitrogens with zero attached hydrogens (tertiary/aromatic N) is 2. The number of hydrogen-bond donors (Lipinski definition) is 3. The van der Waals surface area contributed by atoms with Gasteiger partial charge in [-0.25, -0.2) is 0 Å². The Morgan fingerprint density at radius 2 is 1.79 bits per heavy atom. The third kappa shape index (κ3) is 4.44. The predicted octanol–water partition coefficient (Wildman–Crippen LogP) is 4.75. The summed E-state index contributed by atoms with van der Waals surface area (Å²) in [6.45, 7) is 3.52. The van der Waals surface area contributed by atoms with Gasteiger partial charge in [-0.05, 0) is 62.1 Å². The molecule has 5 atom stereocenters. The van der Waals surface area contributed by atoms with Gasteiger partial charge in [0.2, 0.25) is 0 Å². The molecule has 34 heavy (non-hydrogen) atoms. The first-order chi connectivity index (χ1) is 16.2. The van der Waals surface area contributed by atoms with Crippen LogP contribution in [0.3, 0.4) is 0 Å². The summed E-state index contributed by atoms with van der Waals surface area (Å²) in [6.07, 6.45) is 6.92. The standard InChI is InChI=1S/C26H28ClN3O4/c1-17-25(23(31)32,11-4-6-19-9-14-29-15-10-19)22(20-7-3-8-21(27)16-20)26(24(33)34,12-5-13-28)18(2)30-17/h3-4,6-10,14-18,22,30H,5,11-12H2,1-2H3,(H,31,32)(H,33,34). The molecule has 0 bridgehead atoms. The van der Waals surface area contributed by atoms with Gasteiger partial charge in [0, 0.05) is 41.8 Å². The second kappa shape index (κ2) is 10.4. The highest BCUT2D eigenvalue weighted by Gasteiger charge is 2.66. The van der Waals surface area contributed by atoms with E-state index in [1.807, 2.05) is 12.1 Å². The van der Waals surface area contributed by atoms with Crippen LogP contribution in [-0.2, 0) is 9.59 Å². The van der Waals surface area contributed by atoms with Gasteiger partial charge in [-0.1, -0.05) is 35.9 Å². The van der Waals surface area contributed by atoms with Crippen LogP contribution in [0.2, 0.25) is 5.02 Å². The third-order valence-electron chi connectivity index (χ3n) is 7.18. The van der Waals surface area contributed by atoms with E-state index in [-0.39, 0.29) is 19.3 Å². The highest BCUT2D eigenvalue weighted by molar-refractivity contribution is 6.30. The topological polar surface area (TPSA) is 123 Å². The van der Waals surface area contributed by atoms with Gasteiger partial charge in [0.15, 0.2) is 0 Å². The van der Waals surface area contributed by atoms with Crippen LogP contribution in [0.25, 0.3) is 6.08 Å². The van der Waals surface area contributed by atoms with Gasteiger partial charge in [0.1, 0.15) is 0 Å². The maximum absolute atomic E-state index is 13.1. The van der Waals surface area contributed by atoms with Crippen molar-refractivity contribution in [3.63, 3.8) is 0 Å². The highest BCUT2D eigenvalue weighted by Crippen LogP contribution is 2.59. The maximum atomic E-state index is 13.1. The summed E-state index contributed by atoms with van der Waals surface area (Å²) >= 11 is 6.29. The summed E-state index contributed by atoms with van der Waals surface area (Å²) in [5.74, 6) is -3.19. The predicted molar refractivity (Wildman–Crippen MR) is 129 cm³/mol. The summed E-state index contributed by atoms with van der Waals surface area (Å²) in [5.41, 5.74) is -1.67. The van der Waals surface area contributed by atoms with Crippen molar-refractivity contribution in [3.8, 4) is 6.07 Å². The Morgan fingerprint density at radius 1 is 1.15 bits per heavy atom. The lowest BCUT2D eigenvalue weighted by Crippen LogP contribution is -2.69. The molecule has 1 aliphatic heterocycles. The number of piperidine rings is 1. The molecule has 1 aromatic carbocycles. The van der Waals surface area contributed by atoms with Crippen molar-refractivity contribution < 1.29 is 19.8 Å². The number of carbonyl (C=O) groups is 2. The first-order valence-electron chi connectivity index (χ1n) is 11.1. The molecule has 1 aromatic heterocycles. The maximum Gasteiger partial charge on any atom is 0.312 e. The van der Waals surface area contributed by atoms with Crippen LogP contribution in [0, 0.1) is 22.2 Å². The van der Waals surface area contributed by atoms with Crippen LogP contribution in [0.5, 0.6) is 0 Å². The Bertz CT molecular complexity index is 1120. The number of allylic oxidation sites excluding steroid dienone is 1. The number of benzene rings is 1. The van der Waals surface area contributed by atoms with E-state index < -0.39 is 40.8 Å². The Kier molecular flexibility index (Phi) is 7.75. The first kappa shape index (κ1) is 25.4.